The van der Waals surface area contributed by atoms with Gasteiger partial charge in [0.25, 0.3) is 0 Å². The predicted octanol–water partition coefficient (Wildman–Crippen LogP) is 2.80. The van der Waals surface area contributed by atoms with Gasteiger partial charge >= 0.3 is 10.4 Å². The molecule has 0 saturated carbocycles. The molecule has 0 spiro atoms. The van der Waals surface area contributed by atoms with Crippen LogP contribution in [0.5, 0.6) is 0 Å². The Bertz CT molecular complexity index is 527. The molecule has 0 aliphatic rings. The summed E-state index contributed by atoms with van der Waals surface area (Å²) in [6.45, 7) is 0. The van der Waals surface area contributed by atoms with Crippen LogP contribution in [-0.2, 0) is 10.4 Å². The fraction of sp³-hybridized carbons (Fsp3) is 0.143. The molecule has 0 bridgehead atoms. The van der Waals surface area contributed by atoms with Crippen LogP contribution in [0.15, 0.2) is 60.7 Å². The molecule has 0 unspecified atom stereocenters. The highest BCUT2D eigenvalue weighted by atomic mass is 32.3. The van der Waals surface area contributed by atoms with Gasteiger partial charge in [-0.2, -0.15) is 8.42 Å². The molecule has 0 saturated heterocycles. The van der Waals surface area contributed by atoms with E-state index in [1.807, 2.05) is 74.8 Å². The highest BCUT2D eigenvalue weighted by Crippen LogP contribution is 2.02. The Kier molecular flexibility index (Phi) is 9.61. The lowest BCUT2D eigenvalue weighted by molar-refractivity contribution is 0.381. The van der Waals surface area contributed by atoms with Crippen LogP contribution >= 0.6 is 0 Å². The normalized spacial score (nSPS) is 9.33. The molecule has 2 rings (SSSR count). The lowest BCUT2D eigenvalue weighted by atomic mass is 10.3. The van der Waals surface area contributed by atoms with Gasteiger partial charge in [-0.3, -0.25) is 9.11 Å². The molecular formula is C14H20N2O4S. The van der Waals surface area contributed by atoms with E-state index in [0.29, 0.717) is 0 Å². The first-order valence-corrected chi connectivity index (χ1v) is 7.42. The molecule has 0 amide bonds. The van der Waals surface area contributed by atoms with Crippen molar-refractivity contribution in [3.8, 4) is 0 Å². The molecule has 21 heavy (non-hydrogen) atoms. The van der Waals surface area contributed by atoms with Gasteiger partial charge in [0.2, 0.25) is 0 Å². The summed E-state index contributed by atoms with van der Waals surface area (Å²) in [5, 5.41) is 6.05. The molecule has 2 aromatic carbocycles. The second-order valence-electron chi connectivity index (χ2n) is 3.68. The Hall–Kier alpha value is -2.09. The van der Waals surface area contributed by atoms with Gasteiger partial charge < -0.3 is 10.6 Å². The standard InChI is InChI=1S/2C7H9N.H2O4S/c2*1-8-7-5-3-2-4-6-7;1-5(2,3)4/h2*2-6,8H,1H3;(H2,1,2,3,4). The average molecular weight is 312 g/mol. The molecule has 0 aromatic heterocycles. The third-order valence-electron chi connectivity index (χ3n) is 2.12. The molecule has 6 nitrogen and oxygen atoms in total. The van der Waals surface area contributed by atoms with Crippen LogP contribution in [0.4, 0.5) is 11.4 Å². The molecule has 2 aromatic rings. The summed E-state index contributed by atoms with van der Waals surface area (Å²) >= 11 is 0. The summed E-state index contributed by atoms with van der Waals surface area (Å²) in [6.07, 6.45) is 0. The Morgan fingerprint density at radius 1 is 0.714 bits per heavy atom. The number of rotatable bonds is 2. The minimum absolute atomic E-state index is 1.16. The fourth-order valence-corrected chi connectivity index (χ4v) is 1.21. The minimum atomic E-state index is -4.67. The van der Waals surface area contributed by atoms with E-state index < -0.39 is 10.4 Å². The number of hydrogen-bond acceptors (Lipinski definition) is 4. The molecule has 116 valence electrons. The molecular weight excluding hydrogens is 292 g/mol. The monoisotopic (exact) mass is 312 g/mol. The fourth-order valence-electron chi connectivity index (χ4n) is 1.21. The third-order valence-corrected chi connectivity index (χ3v) is 2.12. The van der Waals surface area contributed by atoms with Crippen molar-refractivity contribution in [2.75, 3.05) is 24.7 Å². The maximum atomic E-state index is 8.74. The molecule has 0 atom stereocenters. The smallest absolute Gasteiger partial charge is 0.388 e. The van der Waals surface area contributed by atoms with E-state index in [1.165, 1.54) is 0 Å². The van der Waals surface area contributed by atoms with Crippen molar-refractivity contribution in [1.29, 1.82) is 0 Å². The van der Waals surface area contributed by atoms with Crippen LogP contribution in [-0.4, -0.2) is 31.6 Å². The van der Waals surface area contributed by atoms with Crippen molar-refractivity contribution in [3.63, 3.8) is 0 Å². The number of anilines is 2. The first-order valence-electron chi connectivity index (χ1n) is 6.02. The first kappa shape index (κ1) is 18.9. The Morgan fingerprint density at radius 2 is 0.952 bits per heavy atom. The van der Waals surface area contributed by atoms with E-state index in [2.05, 4.69) is 10.6 Å². The van der Waals surface area contributed by atoms with Crippen molar-refractivity contribution in [1.82, 2.24) is 0 Å². The van der Waals surface area contributed by atoms with E-state index in [-0.39, 0.29) is 0 Å². The number of para-hydroxylation sites is 2. The zero-order valence-electron chi connectivity index (χ0n) is 11.9. The highest BCUT2D eigenvalue weighted by Gasteiger charge is 1.84. The molecule has 0 aliphatic heterocycles. The predicted molar refractivity (Wildman–Crippen MR) is 86.2 cm³/mol. The van der Waals surface area contributed by atoms with Gasteiger partial charge in [0, 0.05) is 25.5 Å². The van der Waals surface area contributed by atoms with E-state index in [4.69, 9.17) is 17.5 Å². The van der Waals surface area contributed by atoms with E-state index in [1.54, 1.807) is 0 Å². The van der Waals surface area contributed by atoms with Gasteiger partial charge in [0.1, 0.15) is 0 Å². The zero-order valence-corrected chi connectivity index (χ0v) is 12.7. The highest BCUT2D eigenvalue weighted by molar-refractivity contribution is 7.79. The van der Waals surface area contributed by atoms with E-state index >= 15 is 0 Å². The largest absolute Gasteiger partial charge is 0.394 e. The average Bonchev–Trinajstić information content (AvgIpc) is 2.48. The van der Waals surface area contributed by atoms with Gasteiger partial charge in [0.15, 0.2) is 0 Å². The molecule has 0 fully saturated rings. The summed E-state index contributed by atoms with van der Waals surface area (Å²) < 4.78 is 31.6. The van der Waals surface area contributed by atoms with Gasteiger partial charge in [-0.1, -0.05) is 36.4 Å². The maximum absolute atomic E-state index is 8.74. The SMILES string of the molecule is CNc1ccccc1.CNc1ccccc1.O=S(=O)(O)O. The number of nitrogens with one attached hydrogen (secondary N) is 2. The summed E-state index contributed by atoms with van der Waals surface area (Å²) in [6, 6.07) is 20.1. The van der Waals surface area contributed by atoms with Gasteiger partial charge in [-0.25, -0.2) is 0 Å². The summed E-state index contributed by atoms with van der Waals surface area (Å²) in [4.78, 5) is 0. The Balaban J connectivity index is 0.000000296. The molecule has 0 radical (unpaired) electrons. The second-order valence-corrected chi connectivity index (χ2v) is 4.58. The maximum Gasteiger partial charge on any atom is 0.394 e. The van der Waals surface area contributed by atoms with Gasteiger partial charge in [-0.15, -0.1) is 0 Å². The zero-order chi connectivity index (χ0) is 16.1. The lowest BCUT2D eigenvalue weighted by Crippen LogP contribution is -1.89. The Labute approximate surface area is 125 Å². The van der Waals surface area contributed by atoms with Gasteiger partial charge in [0.05, 0.1) is 0 Å². The van der Waals surface area contributed by atoms with Crippen molar-refractivity contribution in [2.45, 2.75) is 0 Å². The Morgan fingerprint density at radius 3 is 1.10 bits per heavy atom. The van der Waals surface area contributed by atoms with Crippen LogP contribution < -0.4 is 10.6 Å². The summed E-state index contributed by atoms with van der Waals surface area (Å²) in [7, 11) is -0.843. The lowest BCUT2D eigenvalue weighted by Gasteiger charge is -1.94. The molecule has 0 heterocycles. The second kappa shape index (κ2) is 10.7. The molecule has 4 N–H and O–H groups in total. The number of hydrogen-bond donors (Lipinski definition) is 4. The summed E-state index contributed by atoms with van der Waals surface area (Å²) in [5.74, 6) is 0. The van der Waals surface area contributed by atoms with Crippen LogP contribution in [0.3, 0.4) is 0 Å². The van der Waals surface area contributed by atoms with E-state index in [9.17, 15) is 0 Å². The van der Waals surface area contributed by atoms with Crippen LogP contribution in [0.2, 0.25) is 0 Å². The third kappa shape index (κ3) is 14.1. The topological polar surface area (TPSA) is 98.7 Å². The van der Waals surface area contributed by atoms with Crippen molar-refractivity contribution in [2.24, 2.45) is 0 Å². The summed E-state index contributed by atoms with van der Waals surface area (Å²) in [5.41, 5.74) is 2.32. The quantitative estimate of drug-likeness (QED) is 0.637. The van der Waals surface area contributed by atoms with Crippen molar-refractivity contribution >= 4 is 21.8 Å². The van der Waals surface area contributed by atoms with Gasteiger partial charge in [-0.05, 0) is 24.3 Å². The molecule has 7 heteroatoms. The van der Waals surface area contributed by atoms with Crippen molar-refractivity contribution < 1.29 is 17.5 Å². The number of benzene rings is 2. The van der Waals surface area contributed by atoms with Crippen LogP contribution in [0.25, 0.3) is 0 Å². The van der Waals surface area contributed by atoms with Crippen molar-refractivity contribution in [3.05, 3.63) is 60.7 Å². The minimum Gasteiger partial charge on any atom is -0.388 e. The molecule has 0 aliphatic carbocycles. The van der Waals surface area contributed by atoms with Crippen LogP contribution in [0.1, 0.15) is 0 Å². The van der Waals surface area contributed by atoms with E-state index in [0.717, 1.165) is 11.4 Å². The first-order chi connectivity index (χ1) is 9.86. The van der Waals surface area contributed by atoms with Crippen LogP contribution in [0, 0.1) is 0 Å².